The summed E-state index contributed by atoms with van der Waals surface area (Å²) in [5, 5.41) is 17.3. The Morgan fingerprint density at radius 3 is 1.45 bits per heavy atom. The van der Waals surface area contributed by atoms with E-state index in [1.165, 1.54) is 0 Å². The van der Waals surface area contributed by atoms with Gasteiger partial charge >= 0.3 is 11.9 Å². The van der Waals surface area contributed by atoms with Gasteiger partial charge in [-0.15, -0.1) is 0 Å². The van der Waals surface area contributed by atoms with E-state index in [9.17, 15) is 32.8 Å². The number of carbonyl (C=O) groups is 2. The number of rotatable bonds is 16. The van der Waals surface area contributed by atoms with Crippen molar-refractivity contribution in [3.05, 3.63) is 0 Å². The minimum absolute atomic E-state index is 0. The van der Waals surface area contributed by atoms with Crippen molar-refractivity contribution in [3.8, 4) is 0 Å². The maximum Gasteiger partial charge on any atom is 0.325 e. The van der Waals surface area contributed by atoms with Crippen molar-refractivity contribution < 1.29 is 32.8 Å². The Morgan fingerprint density at radius 2 is 1.24 bits per heavy atom. The molecule has 1 radical (unpaired) electrons. The fraction of sp³-hybridized carbons (Fsp3) is 0.900. The van der Waals surface area contributed by atoms with Gasteiger partial charge in [0.1, 0.15) is 0 Å². The zero-order valence-electron chi connectivity index (χ0n) is 18.7. The van der Waals surface area contributed by atoms with Crippen LogP contribution in [0.4, 0.5) is 0 Å². The molecule has 9 heteroatoms. The maximum atomic E-state index is 12.4. The van der Waals surface area contributed by atoms with Crippen LogP contribution in [0.15, 0.2) is 0 Å². The smallest absolute Gasteiger partial charge is 0.325 e. The molecule has 0 fully saturated rings. The van der Waals surface area contributed by atoms with Gasteiger partial charge in [-0.25, -0.2) is 0 Å². The molecule has 0 rings (SSSR count). The van der Waals surface area contributed by atoms with Gasteiger partial charge in [0, 0.05) is 29.6 Å². The van der Waals surface area contributed by atoms with Crippen molar-refractivity contribution >= 4 is 51.6 Å². The SMILES string of the molecule is CCCCC(CC)CC(CC(CC)CCCC)(C(=O)O)C(C(=O)O)S(=O)(=O)O.[Na]. The standard InChI is InChI=1S/C20H38O7S.Na/c1-5-9-11-15(7-3)13-20(19(23)24,14-16(8-4)12-10-6-2)17(18(21)22)28(25,26)27;/h15-17H,5-14H2,1-4H3,(H,21,22)(H,23,24)(H,25,26,27);. The molecule has 0 bridgehead atoms. The Balaban J connectivity index is 0. The van der Waals surface area contributed by atoms with Crippen molar-refractivity contribution in [2.75, 3.05) is 0 Å². The van der Waals surface area contributed by atoms with Crippen molar-refractivity contribution in [1.82, 2.24) is 0 Å². The largest absolute Gasteiger partial charge is 0.481 e. The molecule has 3 N–H and O–H groups in total. The summed E-state index contributed by atoms with van der Waals surface area (Å²) in [5.74, 6) is -3.50. The van der Waals surface area contributed by atoms with E-state index in [1.54, 1.807) is 0 Å². The quantitative estimate of drug-likeness (QED) is 0.239. The molecule has 0 heterocycles. The number of carboxylic acids is 2. The first-order chi connectivity index (χ1) is 13.0. The average molecular weight is 446 g/mol. The van der Waals surface area contributed by atoms with E-state index in [4.69, 9.17) is 0 Å². The third-order valence-corrected chi connectivity index (χ3v) is 7.09. The van der Waals surface area contributed by atoms with E-state index in [-0.39, 0.29) is 54.2 Å². The Labute approximate surface area is 198 Å². The molecule has 3 atom stereocenters. The van der Waals surface area contributed by atoms with Gasteiger partial charge in [0.15, 0.2) is 5.25 Å². The Morgan fingerprint density at radius 1 is 0.862 bits per heavy atom. The van der Waals surface area contributed by atoms with E-state index in [0.717, 1.165) is 25.7 Å². The van der Waals surface area contributed by atoms with Crippen LogP contribution < -0.4 is 0 Å². The summed E-state index contributed by atoms with van der Waals surface area (Å²) in [6, 6.07) is 0. The maximum absolute atomic E-state index is 12.4. The summed E-state index contributed by atoms with van der Waals surface area (Å²) in [6.45, 7) is 7.80. The van der Waals surface area contributed by atoms with Gasteiger partial charge in [0.2, 0.25) is 0 Å². The predicted molar refractivity (Wildman–Crippen MR) is 115 cm³/mol. The molecule has 0 saturated carbocycles. The summed E-state index contributed by atoms with van der Waals surface area (Å²) in [4.78, 5) is 24.3. The zero-order valence-corrected chi connectivity index (χ0v) is 21.5. The second-order valence-electron chi connectivity index (χ2n) is 7.94. The van der Waals surface area contributed by atoms with Crippen LogP contribution in [0.1, 0.15) is 91.9 Å². The topological polar surface area (TPSA) is 129 Å². The molecule has 0 aromatic rings. The monoisotopic (exact) mass is 445 g/mol. The fourth-order valence-electron chi connectivity index (χ4n) is 4.15. The van der Waals surface area contributed by atoms with E-state index in [1.807, 2.05) is 27.7 Å². The minimum Gasteiger partial charge on any atom is -0.481 e. The molecule has 3 unspecified atom stereocenters. The summed E-state index contributed by atoms with van der Waals surface area (Å²) < 4.78 is 33.7. The van der Waals surface area contributed by atoms with Gasteiger partial charge in [0.05, 0.1) is 5.41 Å². The molecular weight excluding hydrogens is 407 g/mol. The van der Waals surface area contributed by atoms with Crippen LogP contribution in [0.3, 0.4) is 0 Å². The van der Waals surface area contributed by atoms with Crippen molar-refractivity contribution in [1.29, 1.82) is 0 Å². The minimum atomic E-state index is -5.10. The average Bonchev–Trinajstić information content (AvgIpc) is 2.59. The van der Waals surface area contributed by atoms with Gasteiger partial charge in [0.25, 0.3) is 10.1 Å². The van der Waals surface area contributed by atoms with Crippen molar-refractivity contribution in [3.63, 3.8) is 0 Å². The van der Waals surface area contributed by atoms with Crippen LogP contribution in [0.2, 0.25) is 0 Å². The summed E-state index contributed by atoms with van der Waals surface area (Å²) >= 11 is 0. The molecule has 167 valence electrons. The molecule has 0 aromatic heterocycles. The summed E-state index contributed by atoms with van der Waals surface area (Å²) in [5.41, 5.74) is -2.05. The zero-order chi connectivity index (χ0) is 22.0. The van der Waals surface area contributed by atoms with Crippen LogP contribution in [-0.4, -0.2) is 69.9 Å². The van der Waals surface area contributed by atoms with Crippen LogP contribution in [0.25, 0.3) is 0 Å². The summed E-state index contributed by atoms with van der Waals surface area (Å²) in [7, 11) is -5.10. The molecule has 0 amide bonds. The molecule has 0 aliphatic heterocycles. The van der Waals surface area contributed by atoms with E-state index >= 15 is 0 Å². The molecule has 0 aromatic carbocycles. The van der Waals surface area contributed by atoms with Crippen LogP contribution >= 0.6 is 0 Å². The third-order valence-electron chi connectivity index (χ3n) is 5.84. The predicted octanol–water partition coefficient (Wildman–Crippen LogP) is 4.23. The fourth-order valence-corrected chi connectivity index (χ4v) is 5.27. The first kappa shape index (κ1) is 31.0. The van der Waals surface area contributed by atoms with Crippen LogP contribution in [0.5, 0.6) is 0 Å². The second-order valence-corrected chi connectivity index (χ2v) is 9.44. The van der Waals surface area contributed by atoms with Gasteiger partial charge in [-0.1, -0.05) is 79.1 Å². The second kappa shape index (κ2) is 14.8. The van der Waals surface area contributed by atoms with Gasteiger partial charge in [-0.3, -0.25) is 14.1 Å². The molecular formula is C20H38NaO7S. The van der Waals surface area contributed by atoms with Gasteiger partial charge in [-0.05, 0) is 24.7 Å². The number of hydrogen-bond donors (Lipinski definition) is 3. The van der Waals surface area contributed by atoms with Gasteiger partial charge in [-0.2, -0.15) is 8.42 Å². The molecule has 29 heavy (non-hydrogen) atoms. The number of unbranched alkanes of at least 4 members (excludes halogenated alkanes) is 2. The normalized spacial score (nSPS) is 16.9. The number of hydrogen-bond acceptors (Lipinski definition) is 4. The van der Waals surface area contributed by atoms with Crippen LogP contribution in [0, 0.1) is 17.3 Å². The van der Waals surface area contributed by atoms with Gasteiger partial charge < -0.3 is 10.2 Å². The summed E-state index contributed by atoms with van der Waals surface area (Å²) in [6.07, 6.45) is 6.02. The van der Waals surface area contributed by atoms with E-state index in [0.29, 0.717) is 25.7 Å². The first-order valence-electron chi connectivity index (χ1n) is 10.4. The molecule has 0 saturated heterocycles. The third kappa shape index (κ3) is 9.68. The van der Waals surface area contributed by atoms with Crippen molar-refractivity contribution in [2.24, 2.45) is 17.3 Å². The van der Waals surface area contributed by atoms with Crippen molar-refractivity contribution in [2.45, 2.75) is 97.2 Å². The van der Waals surface area contributed by atoms with E-state index in [2.05, 4.69) is 0 Å². The number of aliphatic carboxylic acids is 2. The van der Waals surface area contributed by atoms with E-state index < -0.39 is 32.7 Å². The molecule has 0 spiro atoms. The number of carboxylic acid groups (broad SMARTS) is 2. The Kier molecular flexibility index (Phi) is 15.8. The molecule has 0 aliphatic rings. The first-order valence-corrected chi connectivity index (χ1v) is 11.9. The Hall–Kier alpha value is -0.150. The Bertz CT molecular complexity index is 574. The molecule has 0 aliphatic carbocycles. The molecule has 7 nitrogen and oxygen atoms in total. The van der Waals surface area contributed by atoms with Crippen LogP contribution in [-0.2, 0) is 19.7 Å².